The SMILES string of the molecule is O=NOC(=O)CS(=O)(=O)CC(=O)ON=O. The summed E-state index contributed by atoms with van der Waals surface area (Å²) in [5, 5.41) is 3.37. The lowest BCUT2D eigenvalue weighted by Crippen LogP contribution is -2.24. The van der Waals surface area contributed by atoms with Crippen LogP contribution in [0.2, 0.25) is 0 Å². The number of nitrogens with zero attached hydrogens (tertiary/aromatic N) is 2. The summed E-state index contributed by atoms with van der Waals surface area (Å²) < 4.78 is 21.8. The van der Waals surface area contributed by atoms with Crippen molar-refractivity contribution in [1.29, 1.82) is 0 Å². The summed E-state index contributed by atoms with van der Waals surface area (Å²) in [7, 11) is -4.17. The standard InChI is InChI=1S/C4H4N2O8S/c7-3(13-5-9)1-15(11,12)2-4(8)14-6-10/h1-2H2. The molecule has 0 radical (unpaired) electrons. The Morgan fingerprint density at radius 3 is 1.53 bits per heavy atom. The third kappa shape index (κ3) is 6.20. The van der Waals surface area contributed by atoms with Gasteiger partial charge in [-0.1, -0.05) is 0 Å². The molecule has 0 amide bonds. The van der Waals surface area contributed by atoms with Gasteiger partial charge in [0.15, 0.2) is 32.0 Å². The highest BCUT2D eigenvalue weighted by Gasteiger charge is 2.23. The molecular weight excluding hydrogens is 236 g/mol. The molecule has 0 aromatic rings. The molecule has 11 heteroatoms. The summed E-state index contributed by atoms with van der Waals surface area (Å²) in [6.07, 6.45) is 0. The van der Waals surface area contributed by atoms with Crippen molar-refractivity contribution < 1.29 is 27.7 Å². The third-order valence-corrected chi connectivity index (χ3v) is 2.30. The van der Waals surface area contributed by atoms with Gasteiger partial charge < -0.3 is 0 Å². The maximum absolute atomic E-state index is 10.9. The number of hydrogen-bond donors (Lipinski definition) is 0. The van der Waals surface area contributed by atoms with Crippen LogP contribution in [0.25, 0.3) is 0 Å². The quantitative estimate of drug-likeness (QED) is 0.417. The predicted molar refractivity (Wildman–Crippen MR) is 42.4 cm³/mol. The van der Waals surface area contributed by atoms with Crippen molar-refractivity contribution in [3.63, 3.8) is 0 Å². The first-order valence-corrected chi connectivity index (χ1v) is 4.99. The van der Waals surface area contributed by atoms with Gasteiger partial charge >= 0.3 is 11.9 Å². The Bertz CT molecular complexity index is 342. The zero-order valence-corrected chi connectivity index (χ0v) is 7.80. The normalized spacial score (nSPS) is 10.1. The zero-order chi connectivity index (χ0) is 11.9. The highest BCUT2D eigenvalue weighted by atomic mass is 32.2. The minimum atomic E-state index is -4.17. The first-order valence-electron chi connectivity index (χ1n) is 3.16. The molecule has 0 fully saturated rings. The van der Waals surface area contributed by atoms with Gasteiger partial charge in [0.05, 0.1) is 0 Å². The lowest BCUT2D eigenvalue weighted by molar-refractivity contribution is -0.141. The summed E-state index contributed by atoms with van der Waals surface area (Å²) in [5.74, 6) is -5.35. The Hall–Kier alpha value is -1.91. The van der Waals surface area contributed by atoms with Gasteiger partial charge in [0.2, 0.25) is 0 Å². The van der Waals surface area contributed by atoms with E-state index in [9.17, 15) is 27.8 Å². The molecule has 0 bridgehead atoms. The molecule has 0 rings (SSSR count). The molecule has 84 valence electrons. The van der Waals surface area contributed by atoms with E-state index in [1.165, 1.54) is 0 Å². The van der Waals surface area contributed by atoms with E-state index < -0.39 is 33.3 Å². The molecule has 0 spiro atoms. The molecule has 0 aromatic carbocycles. The molecule has 0 N–H and O–H groups in total. The Morgan fingerprint density at radius 1 is 0.933 bits per heavy atom. The number of sulfone groups is 1. The Balaban J connectivity index is 4.31. The fourth-order valence-corrected chi connectivity index (χ4v) is 1.47. The summed E-state index contributed by atoms with van der Waals surface area (Å²) in [5.41, 5.74) is 0. The van der Waals surface area contributed by atoms with Crippen molar-refractivity contribution >= 4 is 21.8 Å². The van der Waals surface area contributed by atoms with Crippen LogP contribution in [0.1, 0.15) is 0 Å². The molecule has 15 heavy (non-hydrogen) atoms. The van der Waals surface area contributed by atoms with Crippen LogP contribution in [0.15, 0.2) is 10.7 Å². The number of carbonyl (C=O) groups excluding carboxylic acids is 2. The first-order chi connectivity index (χ1) is 6.91. The Kier molecular flexibility index (Phi) is 5.01. The number of hydrogen-bond acceptors (Lipinski definition) is 10. The van der Waals surface area contributed by atoms with E-state index in [1.807, 2.05) is 0 Å². The van der Waals surface area contributed by atoms with Crippen molar-refractivity contribution in [2.45, 2.75) is 0 Å². The summed E-state index contributed by atoms with van der Waals surface area (Å²) >= 11 is 0. The second kappa shape index (κ2) is 5.74. The van der Waals surface area contributed by atoms with Crippen molar-refractivity contribution in [1.82, 2.24) is 0 Å². The van der Waals surface area contributed by atoms with Crippen LogP contribution in [0.5, 0.6) is 0 Å². The van der Waals surface area contributed by atoms with E-state index in [0.29, 0.717) is 0 Å². The molecule has 0 heterocycles. The predicted octanol–water partition coefficient (Wildman–Crippen LogP) is -1.15. The summed E-state index contributed by atoms with van der Waals surface area (Å²) in [6.45, 7) is 0. The monoisotopic (exact) mass is 240 g/mol. The van der Waals surface area contributed by atoms with Crippen LogP contribution in [0, 0.1) is 9.81 Å². The Labute approximate surface area is 82.3 Å². The van der Waals surface area contributed by atoms with Crippen molar-refractivity contribution in [2.75, 3.05) is 11.5 Å². The average Bonchev–Trinajstić information content (AvgIpc) is 2.01. The van der Waals surface area contributed by atoms with Gasteiger partial charge in [-0.2, -0.15) is 0 Å². The highest BCUT2D eigenvalue weighted by molar-refractivity contribution is 7.92. The van der Waals surface area contributed by atoms with E-state index in [4.69, 9.17) is 0 Å². The van der Waals surface area contributed by atoms with Crippen LogP contribution in [0.3, 0.4) is 0 Å². The third-order valence-electron chi connectivity index (χ3n) is 0.954. The van der Waals surface area contributed by atoms with Crippen LogP contribution in [-0.4, -0.2) is 31.9 Å². The Morgan fingerprint density at radius 2 is 1.27 bits per heavy atom. The maximum Gasteiger partial charge on any atom is 0.353 e. The molecule has 0 aliphatic carbocycles. The van der Waals surface area contributed by atoms with Gasteiger partial charge in [-0.25, -0.2) is 18.0 Å². The molecule has 0 unspecified atom stereocenters. The van der Waals surface area contributed by atoms with Crippen LogP contribution in [0.4, 0.5) is 0 Å². The van der Waals surface area contributed by atoms with Gasteiger partial charge in [-0.15, -0.1) is 9.81 Å². The van der Waals surface area contributed by atoms with Crippen molar-refractivity contribution in [3.05, 3.63) is 9.81 Å². The second-order valence-electron chi connectivity index (χ2n) is 2.11. The number of carbonyl (C=O) groups is 2. The average molecular weight is 240 g/mol. The highest BCUT2D eigenvalue weighted by Crippen LogP contribution is 1.95. The topological polar surface area (TPSA) is 146 Å². The molecule has 10 nitrogen and oxygen atoms in total. The minimum absolute atomic E-state index is 1.23. The van der Waals surface area contributed by atoms with Crippen LogP contribution < -0.4 is 0 Å². The molecular formula is C4H4N2O8S. The van der Waals surface area contributed by atoms with E-state index in [2.05, 4.69) is 9.68 Å². The molecule has 0 aliphatic heterocycles. The largest absolute Gasteiger partial charge is 0.353 e. The lowest BCUT2D eigenvalue weighted by atomic mass is 10.8. The van der Waals surface area contributed by atoms with Gasteiger partial charge in [0.1, 0.15) is 0 Å². The molecule has 0 aromatic heterocycles. The van der Waals surface area contributed by atoms with E-state index in [1.54, 1.807) is 10.7 Å². The van der Waals surface area contributed by atoms with Gasteiger partial charge in [0, 0.05) is 0 Å². The van der Waals surface area contributed by atoms with Gasteiger partial charge in [0.25, 0.3) is 0 Å². The smallest absolute Gasteiger partial charge is 0.283 e. The molecule has 0 atom stereocenters. The maximum atomic E-state index is 10.9. The van der Waals surface area contributed by atoms with Crippen molar-refractivity contribution in [2.24, 2.45) is 10.7 Å². The van der Waals surface area contributed by atoms with E-state index >= 15 is 0 Å². The number of rotatable bonds is 6. The van der Waals surface area contributed by atoms with Crippen molar-refractivity contribution in [3.8, 4) is 0 Å². The second-order valence-corrected chi connectivity index (χ2v) is 4.17. The van der Waals surface area contributed by atoms with E-state index in [-0.39, 0.29) is 0 Å². The lowest BCUT2D eigenvalue weighted by Gasteiger charge is -1.97. The van der Waals surface area contributed by atoms with Gasteiger partial charge in [-0.05, 0) is 0 Å². The van der Waals surface area contributed by atoms with Crippen LogP contribution >= 0.6 is 0 Å². The summed E-state index contributed by atoms with van der Waals surface area (Å²) in [4.78, 5) is 46.6. The molecule has 0 aliphatic rings. The first kappa shape index (κ1) is 13.1. The molecule has 0 saturated heterocycles. The fourth-order valence-electron chi connectivity index (χ4n) is 0.546. The van der Waals surface area contributed by atoms with E-state index in [0.717, 1.165) is 0 Å². The molecule has 0 saturated carbocycles. The van der Waals surface area contributed by atoms with Gasteiger partial charge in [-0.3, -0.25) is 9.68 Å². The zero-order valence-electron chi connectivity index (χ0n) is 6.98. The fraction of sp³-hybridized carbons (Fsp3) is 0.500. The minimum Gasteiger partial charge on any atom is -0.283 e. The van der Waals surface area contributed by atoms with Crippen LogP contribution in [-0.2, 0) is 29.1 Å². The summed E-state index contributed by atoms with van der Waals surface area (Å²) in [6, 6.07) is 0.